The SMILES string of the molecule is CCCOc1ccc(C(=O)N2CCCN(C(=O)c3ccco3)CC2)cc1Cl. The highest BCUT2D eigenvalue weighted by Crippen LogP contribution is 2.26. The molecule has 2 heterocycles. The third-order valence-corrected chi connectivity index (χ3v) is 4.74. The van der Waals surface area contributed by atoms with E-state index < -0.39 is 0 Å². The topological polar surface area (TPSA) is 63.0 Å². The molecule has 1 aromatic heterocycles. The number of carbonyl (C=O) groups is 2. The van der Waals surface area contributed by atoms with E-state index in [0.717, 1.165) is 6.42 Å². The number of hydrogen-bond donors (Lipinski definition) is 0. The first-order chi connectivity index (χ1) is 13.1. The molecule has 0 saturated carbocycles. The molecule has 1 saturated heterocycles. The monoisotopic (exact) mass is 390 g/mol. The fraction of sp³-hybridized carbons (Fsp3) is 0.400. The standard InChI is InChI=1S/C20H23ClN2O4/c1-2-12-26-17-7-6-15(14-16(17)21)19(24)22-8-4-9-23(11-10-22)20(25)18-5-3-13-27-18/h3,5-7,13-14H,2,4,8-12H2,1H3. The Morgan fingerprint density at radius 3 is 2.48 bits per heavy atom. The van der Waals surface area contributed by atoms with E-state index in [2.05, 4.69) is 0 Å². The number of rotatable bonds is 5. The van der Waals surface area contributed by atoms with Crippen molar-refractivity contribution >= 4 is 23.4 Å². The lowest BCUT2D eigenvalue weighted by atomic mass is 10.2. The summed E-state index contributed by atoms with van der Waals surface area (Å²) < 4.78 is 10.7. The number of ether oxygens (including phenoxy) is 1. The summed E-state index contributed by atoms with van der Waals surface area (Å²) in [6.07, 6.45) is 3.08. The highest BCUT2D eigenvalue weighted by molar-refractivity contribution is 6.32. The van der Waals surface area contributed by atoms with Crippen molar-refractivity contribution in [1.82, 2.24) is 9.80 Å². The Hall–Kier alpha value is -2.47. The van der Waals surface area contributed by atoms with Gasteiger partial charge in [-0.25, -0.2) is 0 Å². The number of hydrogen-bond acceptors (Lipinski definition) is 4. The Labute approximate surface area is 163 Å². The highest BCUT2D eigenvalue weighted by Gasteiger charge is 2.25. The second-order valence-electron chi connectivity index (χ2n) is 6.41. The van der Waals surface area contributed by atoms with Gasteiger partial charge >= 0.3 is 0 Å². The zero-order valence-corrected chi connectivity index (χ0v) is 16.1. The van der Waals surface area contributed by atoms with Crippen molar-refractivity contribution in [2.45, 2.75) is 19.8 Å². The molecule has 0 spiro atoms. The predicted octanol–water partition coefficient (Wildman–Crippen LogP) is 3.71. The van der Waals surface area contributed by atoms with Gasteiger partial charge in [-0.3, -0.25) is 9.59 Å². The van der Waals surface area contributed by atoms with Crippen molar-refractivity contribution in [1.29, 1.82) is 0 Å². The summed E-state index contributed by atoms with van der Waals surface area (Å²) in [5, 5.41) is 0.429. The Bertz CT molecular complexity index is 791. The molecule has 3 rings (SSSR count). The average Bonchev–Trinajstić information content (AvgIpc) is 3.10. The Morgan fingerprint density at radius 2 is 1.85 bits per heavy atom. The van der Waals surface area contributed by atoms with Crippen molar-refractivity contribution in [3.63, 3.8) is 0 Å². The molecule has 0 bridgehead atoms. The molecule has 0 N–H and O–H groups in total. The van der Waals surface area contributed by atoms with Crippen molar-refractivity contribution in [2.24, 2.45) is 0 Å². The van der Waals surface area contributed by atoms with Gasteiger partial charge in [0.2, 0.25) is 0 Å². The smallest absolute Gasteiger partial charge is 0.289 e. The number of halogens is 1. The number of benzene rings is 1. The zero-order chi connectivity index (χ0) is 19.2. The molecule has 0 atom stereocenters. The van der Waals surface area contributed by atoms with E-state index in [1.54, 1.807) is 40.1 Å². The molecule has 1 aliphatic rings. The molecule has 6 nitrogen and oxygen atoms in total. The fourth-order valence-corrected chi connectivity index (χ4v) is 3.26. The van der Waals surface area contributed by atoms with E-state index in [0.29, 0.717) is 61.3 Å². The van der Waals surface area contributed by atoms with Crippen LogP contribution in [0.5, 0.6) is 5.75 Å². The van der Waals surface area contributed by atoms with Crippen LogP contribution in [0.2, 0.25) is 5.02 Å². The molecular weight excluding hydrogens is 368 g/mol. The first-order valence-corrected chi connectivity index (χ1v) is 9.52. The van der Waals surface area contributed by atoms with Crippen molar-refractivity contribution in [3.8, 4) is 5.75 Å². The molecule has 2 aromatic rings. The summed E-state index contributed by atoms with van der Waals surface area (Å²) in [5.41, 5.74) is 0.523. The maximum Gasteiger partial charge on any atom is 0.289 e. The van der Waals surface area contributed by atoms with Gasteiger partial charge in [0.25, 0.3) is 11.8 Å². The maximum absolute atomic E-state index is 12.8. The summed E-state index contributed by atoms with van der Waals surface area (Å²) in [6, 6.07) is 8.45. The lowest BCUT2D eigenvalue weighted by molar-refractivity contribution is 0.0700. The van der Waals surface area contributed by atoms with Crippen LogP contribution in [0.3, 0.4) is 0 Å². The minimum absolute atomic E-state index is 0.0914. The van der Waals surface area contributed by atoms with Gasteiger partial charge in [-0.05, 0) is 43.2 Å². The molecular formula is C20H23ClN2O4. The highest BCUT2D eigenvalue weighted by atomic mass is 35.5. The molecule has 1 aliphatic heterocycles. The van der Waals surface area contributed by atoms with E-state index in [9.17, 15) is 9.59 Å². The van der Waals surface area contributed by atoms with Gasteiger partial charge in [0.1, 0.15) is 5.75 Å². The molecule has 0 radical (unpaired) electrons. The van der Waals surface area contributed by atoms with Gasteiger partial charge in [-0.1, -0.05) is 18.5 Å². The first kappa shape index (κ1) is 19.3. The third-order valence-electron chi connectivity index (χ3n) is 4.44. The van der Waals surface area contributed by atoms with Crippen molar-refractivity contribution in [3.05, 3.63) is 52.9 Å². The lowest BCUT2D eigenvalue weighted by Gasteiger charge is -2.22. The van der Waals surface area contributed by atoms with E-state index in [1.807, 2.05) is 6.92 Å². The molecule has 0 unspecified atom stereocenters. The lowest BCUT2D eigenvalue weighted by Crippen LogP contribution is -2.37. The average molecular weight is 391 g/mol. The van der Waals surface area contributed by atoms with Gasteiger partial charge in [-0.15, -0.1) is 0 Å². The van der Waals surface area contributed by atoms with Crippen LogP contribution in [0.15, 0.2) is 41.0 Å². The van der Waals surface area contributed by atoms with Crippen LogP contribution in [-0.4, -0.2) is 54.4 Å². The minimum atomic E-state index is -0.144. The Morgan fingerprint density at radius 1 is 1.11 bits per heavy atom. The van der Waals surface area contributed by atoms with Gasteiger partial charge in [-0.2, -0.15) is 0 Å². The van der Waals surface area contributed by atoms with Crippen LogP contribution < -0.4 is 4.74 Å². The first-order valence-electron chi connectivity index (χ1n) is 9.14. The number of carbonyl (C=O) groups excluding carboxylic acids is 2. The third kappa shape index (κ3) is 4.63. The van der Waals surface area contributed by atoms with Crippen LogP contribution in [0.4, 0.5) is 0 Å². The van der Waals surface area contributed by atoms with Crippen LogP contribution in [-0.2, 0) is 0 Å². The van der Waals surface area contributed by atoms with Crippen molar-refractivity contribution in [2.75, 3.05) is 32.8 Å². The normalized spacial score (nSPS) is 14.7. The molecule has 144 valence electrons. The number of nitrogens with zero attached hydrogens (tertiary/aromatic N) is 2. The second kappa shape index (κ2) is 8.95. The fourth-order valence-electron chi connectivity index (χ4n) is 3.03. The molecule has 1 aromatic carbocycles. The van der Waals surface area contributed by atoms with Crippen LogP contribution in [0.1, 0.15) is 40.7 Å². The van der Waals surface area contributed by atoms with Gasteiger partial charge in [0.15, 0.2) is 5.76 Å². The summed E-state index contributed by atoms with van der Waals surface area (Å²) in [4.78, 5) is 28.7. The molecule has 27 heavy (non-hydrogen) atoms. The Kier molecular flexibility index (Phi) is 6.40. The minimum Gasteiger partial charge on any atom is -0.492 e. The number of amides is 2. The van der Waals surface area contributed by atoms with Gasteiger partial charge in [0, 0.05) is 31.7 Å². The van der Waals surface area contributed by atoms with E-state index in [1.165, 1.54) is 6.26 Å². The number of furan rings is 1. The maximum atomic E-state index is 12.8. The zero-order valence-electron chi connectivity index (χ0n) is 15.3. The van der Waals surface area contributed by atoms with Crippen LogP contribution in [0.25, 0.3) is 0 Å². The Balaban J connectivity index is 1.64. The quantitative estimate of drug-likeness (QED) is 0.780. The summed E-state index contributed by atoms with van der Waals surface area (Å²) >= 11 is 6.24. The van der Waals surface area contributed by atoms with Gasteiger partial charge in [0.05, 0.1) is 17.9 Å². The summed E-state index contributed by atoms with van der Waals surface area (Å²) in [7, 11) is 0. The predicted molar refractivity (Wildman–Crippen MR) is 102 cm³/mol. The van der Waals surface area contributed by atoms with E-state index in [4.69, 9.17) is 20.8 Å². The van der Waals surface area contributed by atoms with Crippen LogP contribution in [0, 0.1) is 0 Å². The van der Waals surface area contributed by atoms with Crippen molar-refractivity contribution < 1.29 is 18.7 Å². The van der Waals surface area contributed by atoms with E-state index in [-0.39, 0.29) is 11.8 Å². The van der Waals surface area contributed by atoms with E-state index >= 15 is 0 Å². The second-order valence-corrected chi connectivity index (χ2v) is 6.82. The molecule has 2 amide bonds. The largest absolute Gasteiger partial charge is 0.492 e. The molecule has 0 aliphatic carbocycles. The summed E-state index contributed by atoms with van der Waals surface area (Å²) in [5.74, 6) is 0.673. The van der Waals surface area contributed by atoms with Gasteiger partial charge < -0.3 is 19.0 Å². The summed E-state index contributed by atoms with van der Waals surface area (Å²) in [6.45, 7) is 4.72. The molecule has 7 heteroatoms. The van der Waals surface area contributed by atoms with Crippen LogP contribution >= 0.6 is 11.6 Å². The molecule has 1 fully saturated rings.